The number of aryl methyl sites for hydroxylation is 2. The number of imidazole rings is 1. The number of fused-ring (bicyclic) bond motifs is 2. The van der Waals surface area contributed by atoms with Gasteiger partial charge in [0.2, 0.25) is 0 Å². The second-order valence-electron chi connectivity index (χ2n) is 7.69. The molecule has 0 spiro atoms. The van der Waals surface area contributed by atoms with Crippen molar-refractivity contribution in [3.8, 4) is 17.5 Å². The summed E-state index contributed by atoms with van der Waals surface area (Å²) in [4.78, 5) is 18.2. The third-order valence-corrected chi connectivity index (χ3v) is 5.54. The Kier molecular flexibility index (Phi) is 4.50. The molecule has 0 saturated heterocycles. The van der Waals surface area contributed by atoms with Crippen LogP contribution in [0.1, 0.15) is 42.2 Å². The summed E-state index contributed by atoms with van der Waals surface area (Å²) in [6, 6.07) is 17.1. The van der Waals surface area contributed by atoms with Crippen molar-refractivity contribution < 1.29 is 0 Å². The highest BCUT2D eigenvalue weighted by molar-refractivity contribution is 5.88. The van der Waals surface area contributed by atoms with Gasteiger partial charge in [0.15, 0.2) is 0 Å². The molecule has 1 atom stereocenters. The second kappa shape index (κ2) is 7.33. The molecule has 2 N–H and O–H groups in total. The van der Waals surface area contributed by atoms with Gasteiger partial charge in [0.1, 0.15) is 11.5 Å². The predicted molar refractivity (Wildman–Crippen MR) is 119 cm³/mol. The molecule has 0 aliphatic carbocycles. The van der Waals surface area contributed by atoms with Crippen LogP contribution >= 0.6 is 0 Å². The molecule has 0 unspecified atom stereocenters. The van der Waals surface area contributed by atoms with Crippen molar-refractivity contribution in [3.63, 3.8) is 0 Å². The number of nitrogens with zero attached hydrogens (tertiary/aromatic N) is 3. The van der Waals surface area contributed by atoms with E-state index < -0.39 is 0 Å². The van der Waals surface area contributed by atoms with E-state index in [1.165, 1.54) is 0 Å². The van der Waals surface area contributed by atoms with E-state index in [9.17, 15) is 4.79 Å². The molecule has 5 rings (SSSR count). The Morgan fingerprint density at radius 1 is 1.10 bits per heavy atom. The number of rotatable bonds is 2. The molecule has 4 aromatic rings. The molecule has 2 aromatic carbocycles. The molecule has 0 amide bonds. The quantitative estimate of drug-likeness (QED) is 0.529. The van der Waals surface area contributed by atoms with Crippen molar-refractivity contribution >= 4 is 10.8 Å². The van der Waals surface area contributed by atoms with E-state index in [0.29, 0.717) is 10.9 Å². The van der Waals surface area contributed by atoms with Crippen LogP contribution in [0.25, 0.3) is 16.5 Å². The van der Waals surface area contributed by atoms with Gasteiger partial charge in [0.05, 0.1) is 5.39 Å². The first-order valence-electron chi connectivity index (χ1n) is 10.2. The van der Waals surface area contributed by atoms with E-state index in [-0.39, 0.29) is 11.6 Å². The van der Waals surface area contributed by atoms with Gasteiger partial charge >= 0.3 is 0 Å². The minimum Gasteiger partial charge on any atom is -0.334 e. The summed E-state index contributed by atoms with van der Waals surface area (Å²) in [5.74, 6) is 7.43. The van der Waals surface area contributed by atoms with Gasteiger partial charge in [-0.1, -0.05) is 36.3 Å². The van der Waals surface area contributed by atoms with Crippen molar-refractivity contribution in [1.29, 1.82) is 0 Å². The average molecular weight is 394 g/mol. The minimum atomic E-state index is -0.287. The third kappa shape index (κ3) is 3.12. The van der Waals surface area contributed by atoms with E-state index in [0.717, 1.165) is 47.7 Å². The molecule has 0 saturated carbocycles. The zero-order chi connectivity index (χ0) is 20.7. The van der Waals surface area contributed by atoms with Gasteiger partial charge in [0, 0.05) is 42.1 Å². The molecular weight excluding hydrogens is 372 g/mol. The normalized spacial score (nSPS) is 13.7. The summed E-state index contributed by atoms with van der Waals surface area (Å²) in [6.45, 7) is 2.89. The molecule has 30 heavy (non-hydrogen) atoms. The van der Waals surface area contributed by atoms with Crippen molar-refractivity contribution in [1.82, 2.24) is 14.1 Å². The number of hydrogen-bond donors (Lipinski definition) is 1. The van der Waals surface area contributed by atoms with Crippen LogP contribution in [-0.4, -0.2) is 14.1 Å². The Hall–Kier alpha value is -3.62. The van der Waals surface area contributed by atoms with Crippen LogP contribution in [0.3, 0.4) is 0 Å². The third-order valence-electron chi connectivity index (χ3n) is 5.54. The number of para-hydroxylation sites is 1. The zero-order valence-electron chi connectivity index (χ0n) is 16.8. The van der Waals surface area contributed by atoms with Gasteiger partial charge in [-0.2, -0.15) is 0 Å². The lowest BCUT2D eigenvalue weighted by Gasteiger charge is -2.17. The standard InChI is InChI=1S/C25H22N4O/c1-17(26)22-15-19-8-5-7-18(12-13-20-16-28-14-6-11-23(28)27-20)24(19)25(30)29(22)21-9-3-2-4-10-21/h2-5,7-10,15-17H,6,11,14,26H2,1H3/t17-/m0/s1. The fraction of sp³-hybridized carbons (Fsp3) is 0.200. The van der Waals surface area contributed by atoms with E-state index in [1.54, 1.807) is 4.57 Å². The van der Waals surface area contributed by atoms with Crippen molar-refractivity contribution in [2.24, 2.45) is 5.73 Å². The fourth-order valence-corrected chi connectivity index (χ4v) is 4.11. The number of aromatic nitrogens is 3. The molecule has 5 heteroatoms. The summed E-state index contributed by atoms with van der Waals surface area (Å²) in [6.07, 6.45) is 4.13. The minimum absolute atomic E-state index is 0.108. The molecule has 1 aliphatic rings. The van der Waals surface area contributed by atoms with Crippen LogP contribution in [0.2, 0.25) is 0 Å². The SMILES string of the molecule is C[C@H](N)c1cc2cccc(C#Cc3cn4c(n3)CCC4)c2c(=O)n1-c1ccccc1. The number of hydrogen-bond acceptors (Lipinski definition) is 3. The highest BCUT2D eigenvalue weighted by Gasteiger charge is 2.16. The lowest BCUT2D eigenvalue weighted by Crippen LogP contribution is -2.26. The Balaban J connectivity index is 1.71. The Bertz CT molecular complexity index is 1350. The van der Waals surface area contributed by atoms with Crippen molar-refractivity contribution in [2.45, 2.75) is 32.4 Å². The van der Waals surface area contributed by atoms with Crippen LogP contribution < -0.4 is 11.3 Å². The van der Waals surface area contributed by atoms with E-state index in [4.69, 9.17) is 5.73 Å². The Morgan fingerprint density at radius 2 is 1.93 bits per heavy atom. The maximum atomic E-state index is 13.6. The summed E-state index contributed by atoms with van der Waals surface area (Å²) in [5.41, 5.74) is 9.13. The van der Waals surface area contributed by atoms with Crippen LogP contribution in [0.5, 0.6) is 0 Å². The maximum Gasteiger partial charge on any atom is 0.264 e. The van der Waals surface area contributed by atoms with E-state index in [2.05, 4.69) is 21.4 Å². The lowest BCUT2D eigenvalue weighted by atomic mass is 10.0. The predicted octanol–water partition coefficient (Wildman–Crippen LogP) is 3.55. The summed E-state index contributed by atoms with van der Waals surface area (Å²) in [5, 5.41) is 1.45. The van der Waals surface area contributed by atoms with Crippen molar-refractivity contribution in [3.05, 3.63) is 93.9 Å². The largest absolute Gasteiger partial charge is 0.334 e. The maximum absolute atomic E-state index is 13.6. The molecule has 0 bridgehead atoms. The molecule has 0 radical (unpaired) electrons. The van der Waals surface area contributed by atoms with Gasteiger partial charge in [0.25, 0.3) is 5.56 Å². The van der Waals surface area contributed by atoms with Crippen LogP contribution in [0.15, 0.2) is 65.6 Å². The first kappa shape index (κ1) is 18.4. The first-order valence-corrected chi connectivity index (χ1v) is 10.2. The van der Waals surface area contributed by atoms with Crippen molar-refractivity contribution in [2.75, 3.05) is 0 Å². The van der Waals surface area contributed by atoms with Gasteiger partial charge < -0.3 is 10.3 Å². The number of benzene rings is 2. The molecule has 5 nitrogen and oxygen atoms in total. The summed E-state index contributed by atoms with van der Waals surface area (Å²) >= 11 is 0. The Labute approximate surface area is 174 Å². The van der Waals surface area contributed by atoms with Gasteiger partial charge in [-0.3, -0.25) is 9.36 Å². The second-order valence-corrected chi connectivity index (χ2v) is 7.69. The van der Waals surface area contributed by atoms with E-state index >= 15 is 0 Å². The fourth-order valence-electron chi connectivity index (χ4n) is 4.11. The summed E-state index contributed by atoms with van der Waals surface area (Å²) < 4.78 is 3.85. The molecule has 148 valence electrons. The molecule has 1 aliphatic heterocycles. The number of nitrogens with two attached hydrogens (primary N) is 1. The van der Waals surface area contributed by atoms with Crippen LogP contribution in [0.4, 0.5) is 0 Å². The smallest absolute Gasteiger partial charge is 0.264 e. The topological polar surface area (TPSA) is 65.8 Å². The average Bonchev–Trinajstić information content (AvgIpc) is 3.34. The molecule has 0 fully saturated rings. The van der Waals surface area contributed by atoms with Crippen LogP contribution in [-0.2, 0) is 13.0 Å². The summed E-state index contributed by atoms with van der Waals surface area (Å²) in [7, 11) is 0. The first-order chi connectivity index (χ1) is 14.6. The van der Waals surface area contributed by atoms with E-state index in [1.807, 2.05) is 67.7 Å². The Morgan fingerprint density at radius 3 is 2.70 bits per heavy atom. The van der Waals surface area contributed by atoms with Crippen LogP contribution in [0, 0.1) is 11.8 Å². The molecule has 3 heterocycles. The zero-order valence-corrected chi connectivity index (χ0v) is 16.8. The highest BCUT2D eigenvalue weighted by Crippen LogP contribution is 2.22. The highest BCUT2D eigenvalue weighted by atomic mass is 16.1. The number of pyridine rings is 1. The molecular formula is C25H22N4O. The van der Waals surface area contributed by atoms with Gasteiger partial charge in [-0.05, 0) is 48.9 Å². The lowest BCUT2D eigenvalue weighted by molar-refractivity contribution is 0.734. The van der Waals surface area contributed by atoms with Gasteiger partial charge in [-0.25, -0.2) is 4.98 Å². The molecule has 2 aromatic heterocycles. The van der Waals surface area contributed by atoms with Gasteiger partial charge in [-0.15, -0.1) is 0 Å². The monoisotopic (exact) mass is 394 g/mol.